The van der Waals surface area contributed by atoms with E-state index in [1.54, 1.807) is 36.8 Å². The monoisotopic (exact) mass is 220 g/mol. The van der Waals surface area contributed by atoms with E-state index in [1.165, 1.54) is 6.20 Å². The molecule has 2 heterocycles. The van der Waals surface area contributed by atoms with E-state index in [0.29, 0.717) is 23.7 Å². The Balaban J connectivity index is 2.49. The first-order chi connectivity index (χ1) is 7.76. The number of hydrogen-bond acceptors (Lipinski definition) is 4. The minimum Gasteiger partial charge on any atom is -0.495 e. The Morgan fingerprint density at radius 3 is 3.00 bits per heavy atom. The Morgan fingerprint density at radius 1 is 1.50 bits per heavy atom. The van der Waals surface area contributed by atoms with Gasteiger partial charge < -0.3 is 9.47 Å². The highest BCUT2D eigenvalue weighted by molar-refractivity contribution is 5.88. The van der Waals surface area contributed by atoms with E-state index in [-0.39, 0.29) is 5.97 Å². The second-order valence-corrected chi connectivity index (χ2v) is 3.16. The van der Waals surface area contributed by atoms with E-state index in [4.69, 9.17) is 9.47 Å². The van der Waals surface area contributed by atoms with Gasteiger partial charge in [-0.05, 0) is 19.1 Å². The highest BCUT2D eigenvalue weighted by Crippen LogP contribution is 2.14. The minimum atomic E-state index is -0.386. The summed E-state index contributed by atoms with van der Waals surface area (Å²) in [5.74, 6) is 0.277. The summed E-state index contributed by atoms with van der Waals surface area (Å²) in [4.78, 5) is 15.7. The first-order valence-corrected chi connectivity index (χ1v) is 4.94. The number of methoxy groups -OCH3 is 1. The highest BCUT2D eigenvalue weighted by atomic mass is 16.5. The second-order valence-electron chi connectivity index (χ2n) is 3.16. The first-order valence-electron chi connectivity index (χ1n) is 4.94. The number of ether oxygens (including phenoxy) is 2. The molecule has 0 amide bonds. The summed E-state index contributed by atoms with van der Waals surface area (Å²) < 4.78 is 11.7. The molecule has 2 rings (SSSR count). The van der Waals surface area contributed by atoms with Gasteiger partial charge in [-0.3, -0.25) is 4.40 Å². The van der Waals surface area contributed by atoms with Gasteiger partial charge in [-0.15, -0.1) is 0 Å². The smallest absolute Gasteiger partial charge is 0.356 e. The van der Waals surface area contributed by atoms with Crippen LogP contribution in [-0.4, -0.2) is 29.1 Å². The number of pyridine rings is 1. The topological polar surface area (TPSA) is 52.8 Å². The number of imidazole rings is 1. The van der Waals surface area contributed by atoms with Crippen LogP contribution in [-0.2, 0) is 4.74 Å². The fourth-order valence-electron chi connectivity index (χ4n) is 1.44. The zero-order chi connectivity index (χ0) is 11.5. The van der Waals surface area contributed by atoms with Gasteiger partial charge in [0.2, 0.25) is 0 Å². The SMILES string of the molecule is CCOC(=O)c1cnc2ccc(OC)cn12. The molecule has 0 aliphatic rings. The number of rotatable bonds is 3. The Morgan fingerprint density at radius 2 is 2.31 bits per heavy atom. The summed E-state index contributed by atoms with van der Waals surface area (Å²) in [7, 11) is 1.57. The van der Waals surface area contributed by atoms with Crippen molar-refractivity contribution in [3.8, 4) is 5.75 Å². The molecule has 0 saturated heterocycles. The number of nitrogens with zero attached hydrogens (tertiary/aromatic N) is 2. The average Bonchev–Trinajstić information content (AvgIpc) is 2.71. The Kier molecular flexibility index (Phi) is 2.76. The van der Waals surface area contributed by atoms with Crippen molar-refractivity contribution in [2.75, 3.05) is 13.7 Å². The van der Waals surface area contributed by atoms with Crippen LogP contribution in [0.1, 0.15) is 17.4 Å². The maximum absolute atomic E-state index is 11.6. The predicted molar refractivity (Wildman–Crippen MR) is 57.7 cm³/mol. The van der Waals surface area contributed by atoms with Crippen LogP contribution in [0, 0.1) is 0 Å². The highest BCUT2D eigenvalue weighted by Gasteiger charge is 2.13. The Hall–Kier alpha value is -2.04. The summed E-state index contributed by atoms with van der Waals surface area (Å²) in [6, 6.07) is 3.57. The molecule has 2 aromatic heterocycles. The van der Waals surface area contributed by atoms with Crippen molar-refractivity contribution in [1.29, 1.82) is 0 Å². The quantitative estimate of drug-likeness (QED) is 0.736. The maximum Gasteiger partial charge on any atom is 0.356 e. The molecule has 0 N–H and O–H groups in total. The van der Waals surface area contributed by atoms with Crippen LogP contribution in [0.3, 0.4) is 0 Å². The fourth-order valence-corrected chi connectivity index (χ4v) is 1.44. The van der Waals surface area contributed by atoms with Gasteiger partial charge in [0.05, 0.1) is 26.1 Å². The summed E-state index contributed by atoms with van der Waals surface area (Å²) in [5.41, 5.74) is 1.08. The van der Waals surface area contributed by atoms with Crippen molar-refractivity contribution in [2.45, 2.75) is 6.92 Å². The molecule has 0 fully saturated rings. The average molecular weight is 220 g/mol. The molecule has 0 spiro atoms. The molecule has 84 valence electrons. The van der Waals surface area contributed by atoms with Gasteiger partial charge in [-0.1, -0.05) is 0 Å². The van der Waals surface area contributed by atoms with Crippen LogP contribution < -0.4 is 4.74 Å². The fraction of sp³-hybridized carbons (Fsp3) is 0.273. The molecule has 0 radical (unpaired) electrons. The summed E-state index contributed by atoms with van der Waals surface area (Å²) in [6.45, 7) is 2.11. The van der Waals surface area contributed by atoms with Crippen molar-refractivity contribution in [2.24, 2.45) is 0 Å². The largest absolute Gasteiger partial charge is 0.495 e. The molecule has 16 heavy (non-hydrogen) atoms. The van der Waals surface area contributed by atoms with Gasteiger partial charge in [-0.2, -0.15) is 0 Å². The van der Waals surface area contributed by atoms with E-state index in [9.17, 15) is 4.79 Å². The molecule has 0 atom stereocenters. The van der Waals surface area contributed by atoms with Crippen LogP contribution in [0.25, 0.3) is 5.65 Å². The molecule has 0 aliphatic carbocycles. The van der Waals surface area contributed by atoms with Crippen molar-refractivity contribution in [3.63, 3.8) is 0 Å². The maximum atomic E-state index is 11.6. The normalized spacial score (nSPS) is 10.4. The number of hydrogen-bond donors (Lipinski definition) is 0. The van der Waals surface area contributed by atoms with Crippen LogP contribution >= 0.6 is 0 Å². The minimum absolute atomic E-state index is 0.343. The summed E-state index contributed by atoms with van der Waals surface area (Å²) in [5, 5.41) is 0. The number of carbonyl (C=O) groups is 1. The van der Waals surface area contributed by atoms with E-state index in [2.05, 4.69) is 4.98 Å². The zero-order valence-electron chi connectivity index (χ0n) is 9.14. The van der Waals surface area contributed by atoms with E-state index < -0.39 is 0 Å². The zero-order valence-corrected chi connectivity index (χ0v) is 9.14. The Bertz CT molecular complexity index is 519. The van der Waals surface area contributed by atoms with Gasteiger partial charge in [-0.25, -0.2) is 9.78 Å². The lowest BCUT2D eigenvalue weighted by molar-refractivity contribution is 0.0518. The molecule has 0 aromatic carbocycles. The standard InChI is InChI=1S/C11H12N2O3/c1-3-16-11(14)9-6-12-10-5-4-8(15-2)7-13(9)10/h4-7H,3H2,1-2H3. The lowest BCUT2D eigenvalue weighted by Gasteiger charge is -2.03. The lowest BCUT2D eigenvalue weighted by atomic mass is 10.4. The van der Waals surface area contributed by atoms with E-state index in [0.717, 1.165) is 0 Å². The molecule has 2 aromatic rings. The third-order valence-corrected chi connectivity index (χ3v) is 2.20. The number of fused-ring (bicyclic) bond motifs is 1. The van der Waals surface area contributed by atoms with E-state index in [1.807, 2.05) is 0 Å². The summed E-state index contributed by atoms with van der Waals surface area (Å²) in [6.07, 6.45) is 3.20. The Labute approximate surface area is 92.6 Å². The molecule has 0 bridgehead atoms. The lowest BCUT2D eigenvalue weighted by Crippen LogP contribution is -2.07. The third kappa shape index (κ3) is 1.71. The molecule has 5 heteroatoms. The van der Waals surface area contributed by atoms with Crippen molar-refractivity contribution in [3.05, 3.63) is 30.2 Å². The molecular formula is C11H12N2O3. The second kappa shape index (κ2) is 4.22. The molecule has 5 nitrogen and oxygen atoms in total. The van der Waals surface area contributed by atoms with Crippen LogP contribution in [0.4, 0.5) is 0 Å². The summed E-state index contributed by atoms with van der Waals surface area (Å²) >= 11 is 0. The molecule has 0 unspecified atom stereocenters. The van der Waals surface area contributed by atoms with Gasteiger partial charge in [0.15, 0.2) is 5.69 Å². The molecule has 0 aliphatic heterocycles. The van der Waals surface area contributed by atoms with Crippen molar-refractivity contribution in [1.82, 2.24) is 9.38 Å². The number of aromatic nitrogens is 2. The third-order valence-electron chi connectivity index (χ3n) is 2.20. The van der Waals surface area contributed by atoms with E-state index >= 15 is 0 Å². The van der Waals surface area contributed by atoms with Gasteiger partial charge >= 0.3 is 5.97 Å². The van der Waals surface area contributed by atoms with Crippen molar-refractivity contribution >= 4 is 11.6 Å². The van der Waals surface area contributed by atoms with Crippen molar-refractivity contribution < 1.29 is 14.3 Å². The van der Waals surface area contributed by atoms with Crippen LogP contribution in [0.15, 0.2) is 24.5 Å². The molecule has 0 saturated carbocycles. The van der Waals surface area contributed by atoms with Gasteiger partial charge in [0, 0.05) is 0 Å². The van der Waals surface area contributed by atoms with Gasteiger partial charge in [0.1, 0.15) is 11.4 Å². The number of carbonyl (C=O) groups excluding carboxylic acids is 1. The van der Waals surface area contributed by atoms with Crippen LogP contribution in [0.2, 0.25) is 0 Å². The number of esters is 1. The predicted octanol–water partition coefficient (Wildman–Crippen LogP) is 1.52. The first kappa shape index (κ1) is 10.5. The van der Waals surface area contributed by atoms with Gasteiger partial charge in [0.25, 0.3) is 0 Å². The van der Waals surface area contributed by atoms with Crippen LogP contribution in [0.5, 0.6) is 5.75 Å². The molecular weight excluding hydrogens is 208 g/mol.